The summed E-state index contributed by atoms with van der Waals surface area (Å²) >= 11 is 0. The maximum absolute atomic E-state index is 5.12. The lowest BCUT2D eigenvalue weighted by Gasteiger charge is -1.97. The van der Waals surface area contributed by atoms with E-state index < -0.39 is 0 Å². The number of aromatic nitrogens is 2. The van der Waals surface area contributed by atoms with Gasteiger partial charge in [-0.25, -0.2) is 4.98 Å². The van der Waals surface area contributed by atoms with Crippen LogP contribution in [0.3, 0.4) is 0 Å². The zero-order chi connectivity index (χ0) is 10.3. The first-order valence-electron chi connectivity index (χ1n) is 4.94. The van der Waals surface area contributed by atoms with E-state index in [1.165, 1.54) is 0 Å². The number of furan rings is 1. The lowest BCUT2D eigenvalue weighted by Crippen LogP contribution is -1.96. The highest BCUT2D eigenvalue weighted by molar-refractivity contribution is 5.75. The molecule has 0 aromatic carbocycles. The van der Waals surface area contributed by atoms with Crippen molar-refractivity contribution in [1.29, 1.82) is 0 Å². The van der Waals surface area contributed by atoms with E-state index in [1.54, 1.807) is 18.7 Å². The van der Waals surface area contributed by atoms with Crippen LogP contribution in [0.1, 0.15) is 12.2 Å². The van der Waals surface area contributed by atoms with Crippen molar-refractivity contribution in [3.63, 3.8) is 0 Å². The second kappa shape index (κ2) is 5.14. The van der Waals surface area contributed by atoms with Crippen LogP contribution in [0.2, 0.25) is 0 Å². The molecule has 0 radical (unpaired) electrons. The fraction of sp³-hybridized carbons (Fsp3) is 0.273. The summed E-state index contributed by atoms with van der Waals surface area (Å²) < 4.78 is 7.17. The topological polar surface area (TPSA) is 43.3 Å². The first-order valence-corrected chi connectivity index (χ1v) is 4.94. The van der Waals surface area contributed by atoms with Crippen molar-refractivity contribution >= 4 is 6.21 Å². The molecule has 0 aliphatic heterocycles. The van der Waals surface area contributed by atoms with Gasteiger partial charge in [-0.1, -0.05) is 0 Å². The van der Waals surface area contributed by atoms with Crippen LogP contribution in [0.25, 0.3) is 0 Å². The van der Waals surface area contributed by atoms with Crippen LogP contribution in [0.4, 0.5) is 0 Å². The molecule has 0 N–H and O–H groups in total. The zero-order valence-corrected chi connectivity index (χ0v) is 8.41. The molecule has 2 heterocycles. The molecule has 0 spiro atoms. The smallest absolute Gasteiger partial charge is 0.144 e. The molecule has 78 valence electrons. The third-order valence-electron chi connectivity index (χ3n) is 2.02. The van der Waals surface area contributed by atoms with E-state index in [0.717, 1.165) is 25.3 Å². The standard InChI is InChI=1S/C11H13N3O/c1-3-11(15-8-1)9-12-4-2-6-14-7-5-13-10-14/h1,3,5,7-10H,2,4,6H2. The van der Waals surface area contributed by atoms with Crippen LogP contribution < -0.4 is 0 Å². The van der Waals surface area contributed by atoms with E-state index in [2.05, 4.69) is 9.98 Å². The third-order valence-corrected chi connectivity index (χ3v) is 2.02. The second-order valence-electron chi connectivity index (χ2n) is 3.20. The fourth-order valence-corrected chi connectivity index (χ4v) is 1.28. The molecule has 0 amide bonds. The first-order chi connectivity index (χ1) is 7.45. The molecular weight excluding hydrogens is 190 g/mol. The Balaban J connectivity index is 1.67. The number of rotatable bonds is 5. The Kier molecular flexibility index (Phi) is 3.33. The van der Waals surface area contributed by atoms with Crippen molar-refractivity contribution in [1.82, 2.24) is 9.55 Å². The third kappa shape index (κ3) is 3.09. The molecular formula is C11H13N3O. The van der Waals surface area contributed by atoms with Crippen molar-refractivity contribution in [3.8, 4) is 0 Å². The van der Waals surface area contributed by atoms with Gasteiger partial charge in [0.25, 0.3) is 0 Å². The van der Waals surface area contributed by atoms with Crippen LogP contribution in [-0.2, 0) is 6.54 Å². The Bertz CT molecular complexity index is 389. The predicted molar refractivity (Wildman–Crippen MR) is 58.0 cm³/mol. The van der Waals surface area contributed by atoms with Crippen LogP contribution in [0, 0.1) is 0 Å². The maximum atomic E-state index is 5.12. The van der Waals surface area contributed by atoms with Gasteiger partial charge in [0.15, 0.2) is 0 Å². The molecule has 0 saturated carbocycles. The van der Waals surface area contributed by atoms with Gasteiger partial charge >= 0.3 is 0 Å². The highest BCUT2D eigenvalue weighted by Gasteiger charge is 1.90. The monoisotopic (exact) mass is 203 g/mol. The maximum Gasteiger partial charge on any atom is 0.144 e. The Labute approximate surface area is 88.3 Å². The Morgan fingerprint density at radius 1 is 1.53 bits per heavy atom. The molecule has 0 aliphatic rings. The molecule has 0 fully saturated rings. The summed E-state index contributed by atoms with van der Waals surface area (Å²) in [6.07, 6.45) is 9.97. The van der Waals surface area contributed by atoms with Crippen LogP contribution >= 0.6 is 0 Å². The molecule has 2 aromatic rings. The van der Waals surface area contributed by atoms with Crippen LogP contribution in [-0.4, -0.2) is 22.3 Å². The van der Waals surface area contributed by atoms with Gasteiger partial charge in [0.05, 0.1) is 18.8 Å². The quantitative estimate of drug-likeness (QED) is 0.551. The van der Waals surface area contributed by atoms with Gasteiger partial charge in [-0.05, 0) is 18.6 Å². The summed E-state index contributed by atoms with van der Waals surface area (Å²) in [4.78, 5) is 8.23. The molecule has 4 nitrogen and oxygen atoms in total. The highest BCUT2D eigenvalue weighted by Crippen LogP contribution is 1.96. The summed E-state index contributed by atoms with van der Waals surface area (Å²) in [5.74, 6) is 0.803. The van der Waals surface area contributed by atoms with E-state index in [4.69, 9.17) is 4.42 Å². The van der Waals surface area contributed by atoms with Gasteiger partial charge in [-0.3, -0.25) is 4.99 Å². The average Bonchev–Trinajstić information content (AvgIpc) is 2.88. The summed E-state index contributed by atoms with van der Waals surface area (Å²) in [5.41, 5.74) is 0. The van der Waals surface area contributed by atoms with Gasteiger partial charge in [0.1, 0.15) is 5.76 Å². The van der Waals surface area contributed by atoms with E-state index in [-0.39, 0.29) is 0 Å². The van der Waals surface area contributed by atoms with Gasteiger partial charge in [-0.15, -0.1) is 0 Å². The lowest BCUT2D eigenvalue weighted by atomic mass is 10.4. The number of aliphatic imine (C=N–C) groups is 1. The molecule has 2 aromatic heterocycles. The minimum absolute atomic E-state index is 0.803. The minimum atomic E-state index is 0.803. The van der Waals surface area contributed by atoms with Crippen LogP contribution in [0.5, 0.6) is 0 Å². The Hall–Kier alpha value is -1.84. The minimum Gasteiger partial charge on any atom is -0.463 e. The van der Waals surface area contributed by atoms with Gasteiger partial charge in [0, 0.05) is 25.5 Å². The molecule has 0 unspecified atom stereocenters. The second-order valence-corrected chi connectivity index (χ2v) is 3.20. The Morgan fingerprint density at radius 2 is 2.53 bits per heavy atom. The van der Waals surface area contributed by atoms with E-state index >= 15 is 0 Å². The summed E-state index contributed by atoms with van der Waals surface area (Å²) in [6, 6.07) is 3.74. The molecule has 0 saturated heterocycles. The molecule has 0 atom stereocenters. The number of nitrogens with zero attached hydrogens (tertiary/aromatic N) is 3. The van der Waals surface area contributed by atoms with E-state index in [0.29, 0.717) is 0 Å². The van der Waals surface area contributed by atoms with Gasteiger partial charge < -0.3 is 8.98 Å². The SMILES string of the molecule is C(=NCCCn1ccnc1)c1ccco1. The lowest BCUT2D eigenvalue weighted by molar-refractivity contribution is 0.559. The largest absolute Gasteiger partial charge is 0.463 e. The summed E-state index contributed by atoms with van der Waals surface area (Å²) in [5, 5.41) is 0. The fourth-order valence-electron chi connectivity index (χ4n) is 1.28. The van der Waals surface area contributed by atoms with E-state index in [9.17, 15) is 0 Å². The van der Waals surface area contributed by atoms with Crippen molar-refractivity contribution in [2.75, 3.05) is 6.54 Å². The van der Waals surface area contributed by atoms with Gasteiger partial charge in [-0.2, -0.15) is 0 Å². The van der Waals surface area contributed by atoms with Crippen molar-refractivity contribution < 1.29 is 4.42 Å². The number of hydrogen-bond acceptors (Lipinski definition) is 3. The highest BCUT2D eigenvalue weighted by atomic mass is 16.3. The summed E-state index contributed by atoms with van der Waals surface area (Å²) in [7, 11) is 0. The van der Waals surface area contributed by atoms with Crippen molar-refractivity contribution in [3.05, 3.63) is 42.9 Å². The molecule has 2 rings (SSSR count). The molecule has 0 bridgehead atoms. The molecule has 15 heavy (non-hydrogen) atoms. The van der Waals surface area contributed by atoms with Gasteiger partial charge in [0.2, 0.25) is 0 Å². The summed E-state index contributed by atoms with van der Waals surface area (Å²) in [6.45, 7) is 1.76. The van der Waals surface area contributed by atoms with E-state index in [1.807, 2.05) is 29.2 Å². The number of aryl methyl sites for hydroxylation is 1. The van der Waals surface area contributed by atoms with Crippen molar-refractivity contribution in [2.24, 2.45) is 4.99 Å². The molecule has 4 heteroatoms. The van der Waals surface area contributed by atoms with Crippen LogP contribution in [0.15, 0.2) is 46.5 Å². The number of imidazole rings is 1. The first kappa shape index (κ1) is 9.71. The zero-order valence-electron chi connectivity index (χ0n) is 8.41. The van der Waals surface area contributed by atoms with Crippen molar-refractivity contribution in [2.45, 2.75) is 13.0 Å². The molecule has 0 aliphatic carbocycles. The Morgan fingerprint density at radius 3 is 3.27 bits per heavy atom. The predicted octanol–water partition coefficient (Wildman–Crippen LogP) is 1.99. The number of hydrogen-bond donors (Lipinski definition) is 0. The normalized spacial score (nSPS) is 11.2. The average molecular weight is 203 g/mol.